The highest BCUT2D eigenvalue weighted by molar-refractivity contribution is 5.76. The molecule has 0 saturated carbocycles. The zero-order valence-corrected chi connectivity index (χ0v) is 10.2. The van der Waals surface area contributed by atoms with Crippen molar-refractivity contribution in [2.24, 2.45) is 5.73 Å². The maximum atomic E-state index is 11.6. The van der Waals surface area contributed by atoms with Crippen molar-refractivity contribution in [2.45, 2.75) is 38.8 Å². The van der Waals surface area contributed by atoms with E-state index in [0.717, 1.165) is 0 Å². The summed E-state index contributed by atoms with van der Waals surface area (Å²) in [5.41, 5.74) is 4.82. The molecular weight excluding hydrogens is 222 g/mol. The van der Waals surface area contributed by atoms with Gasteiger partial charge in [-0.15, -0.1) is 0 Å². The minimum absolute atomic E-state index is 0.144. The summed E-state index contributed by atoms with van der Waals surface area (Å²) in [7, 11) is 0. The Bertz CT molecular complexity index is 448. The molecule has 6 heteroatoms. The van der Waals surface area contributed by atoms with Crippen LogP contribution in [0.1, 0.15) is 26.6 Å². The van der Waals surface area contributed by atoms with Crippen molar-refractivity contribution in [3.63, 3.8) is 0 Å². The minimum Gasteiger partial charge on any atom is -0.459 e. The summed E-state index contributed by atoms with van der Waals surface area (Å²) < 4.78 is 5.12. The lowest BCUT2D eigenvalue weighted by Gasteiger charge is -2.21. The van der Waals surface area contributed by atoms with Gasteiger partial charge in [0.2, 0.25) is 0 Å². The molecule has 94 valence electrons. The number of nitrogens with one attached hydrogen (secondary N) is 1. The molecule has 1 unspecified atom stereocenters. The molecule has 0 spiro atoms. The van der Waals surface area contributed by atoms with E-state index in [4.69, 9.17) is 10.5 Å². The van der Waals surface area contributed by atoms with Crippen LogP contribution in [0.25, 0.3) is 0 Å². The highest BCUT2D eigenvalue weighted by Crippen LogP contribution is 2.08. The fraction of sp³-hybridized carbons (Fsp3) is 0.545. The molecule has 6 nitrogen and oxygen atoms in total. The second kappa shape index (κ2) is 5.09. The molecule has 1 aromatic heterocycles. The summed E-state index contributed by atoms with van der Waals surface area (Å²) in [6.45, 7) is 5.29. The highest BCUT2D eigenvalue weighted by Gasteiger charge is 2.22. The Morgan fingerprint density at radius 3 is 2.76 bits per heavy atom. The van der Waals surface area contributed by atoms with Crippen LogP contribution < -0.4 is 11.3 Å². The number of carbonyl (C=O) groups excluding carboxylic acids is 1. The van der Waals surface area contributed by atoms with Gasteiger partial charge >= 0.3 is 5.97 Å². The van der Waals surface area contributed by atoms with Gasteiger partial charge in [0.15, 0.2) is 0 Å². The first kappa shape index (κ1) is 13.4. The summed E-state index contributed by atoms with van der Waals surface area (Å²) in [5, 5.41) is 0. The lowest BCUT2D eigenvalue weighted by atomic mass is 10.1. The lowest BCUT2D eigenvalue weighted by Crippen LogP contribution is -2.39. The molecule has 1 aromatic rings. The van der Waals surface area contributed by atoms with Crippen LogP contribution in [-0.4, -0.2) is 27.6 Å². The maximum absolute atomic E-state index is 11.6. The van der Waals surface area contributed by atoms with Crippen LogP contribution in [0, 0.1) is 0 Å². The van der Waals surface area contributed by atoms with Crippen molar-refractivity contribution in [2.75, 3.05) is 0 Å². The van der Waals surface area contributed by atoms with Crippen molar-refractivity contribution >= 4 is 5.97 Å². The molecule has 0 aliphatic heterocycles. The second-order valence-electron chi connectivity index (χ2n) is 4.72. The maximum Gasteiger partial charge on any atom is 0.323 e. The van der Waals surface area contributed by atoms with Crippen LogP contribution in [0.4, 0.5) is 0 Å². The van der Waals surface area contributed by atoms with Gasteiger partial charge in [-0.2, -0.15) is 0 Å². The lowest BCUT2D eigenvalue weighted by molar-refractivity contribution is -0.156. The van der Waals surface area contributed by atoms with E-state index in [1.54, 1.807) is 20.8 Å². The third-order valence-electron chi connectivity index (χ3n) is 1.85. The van der Waals surface area contributed by atoms with Crippen LogP contribution in [0.5, 0.6) is 0 Å². The molecule has 17 heavy (non-hydrogen) atoms. The second-order valence-corrected chi connectivity index (χ2v) is 4.72. The number of H-pyrrole nitrogens is 1. The molecule has 0 amide bonds. The van der Waals surface area contributed by atoms with E-state index in [2.05, 4.69) is 9.97 Å². The van der Waals surface area contributed by atoms with Gasteiger partial charge in [-0.05, 0) is 20.8 Å². The Morgan fingerprint density at radius 2 is 2.24 bits per heavy atom. The van der Waals surface area contributed by atoms with Crippen molar-refractivity contribution in [3.8, 4) is 0 Å². The van der Waals surface area contributed by atoms with Gasteiger partial charge in [0, 0.05) is 18.7 Å². The Hall–Kier alpha value is -1.69. The number of nitrogens with zero attached hydrogens (tertiary/aromatic N) is 1. The van der Waals surface area contributed by atoms with Crippen molar-refractivity contribution in [1.82, 2.24) is 9.97 Å². The molecule has 1 heterocycles. The Kier molecular flexibility index (Phi) is 4.01. The molecule has 0 fully saturated rings. The van der Waals surface area contributed by atoms with E-state index >= 15 is 0 Å². The van der Waals surface area contributed by atoms with Crippen molar-refractivity contribution in [1.29, 1.82) is 0 Å². The summed E-state index contributed by atoms with van der Waals surface area (Å²) in [4.78, 5) is 29.0. The summed E-state index contributed by atoms with van der Waals surface area (Å²) in [6.07, 6.45) is 1.51. The topological polar surface area (TPSA) is 98.1 Å². The number of rotatable bonds is 3. The highest BCUT2D eigenvalue weighted by atomic mass is 16.6. The molecule has 0 radical (unpaired) electrons. The Morgan fingerprint density at radius 1 is 1.59 bits per heavy atom. The van der Waals surface area contributed by atoms with Gasteiger partial charge in [-0.3, -0.25) is 9.59 Å². The number of esters is 1. The predicted molar refractivity (Wildman–Crippen MR) is 62.4 cm³/mol. The summed E-state index contributed by atoms with van der Waals surface area (Å²) in [5.74, 6) is -0.139. The average molecular weight is 239 g/mol. The average Bonchev–Trinajstić information content (AvgIpc) is 2.14. The quantitative estimate of drug-likeness (QED) is 0.722. The summed E-state index contributed by atoms with van der Waals surface area (Å²) in [6, 6.07) is 0.461. The first-order valence-corrected chi connectivity index (χ1v) is 5.30. The van der Waals surface area contributed by atoms with Crippen LogP contribution in [-0.2, 0) is 16.0 Å². The SMILES string of the molecule is CC(C)(C)OC(=O)C(N)Cc1nccc(=O)[nH]1. The van der Waals surface area contributed by atoms with E-state index in [1.807, 2.05) is 0 Å². The molecule has 0 bridgehead atoms. The van der Waals surface area contributed by atoms with E-state index in [0.29, 0.717) is 5.82 Å². The van der Waals surface area contributed by atoms with Gasteiger partial charge in [0.25, 0.3) is 5.56 Å². The largest absolute Gasteiger partial charge is 0.459 e. The standard InChI is InChI=1S/C11H17N3O3/c1-11(2,3)17-10(16)7(12)6-8-13-5-4-9(15)14-8/h4-5,7H,6,12H2,1-3H3,(H,13,14,15). The molecule has 1 rings (SSSR count). The molecule has 0 aliphatic rings. The molecule has 0 aliphatic carbocycles. The molecule has 0 saturated heterocycles. The number of carbonyl (C=O) groups is 1. The van der Waals surface area contributed by atoms with Crippen LogP contribution >= 0.6 is 0 Å². The van der Waals surface area contributed by atoms with Gasteiger partial charge < -0.3 is 15.5 Å². The van der Waals surface area contributed by atoms with E-state index in [1.165, 1.54) is 12.3 Å². The normalized spacial score (nSPS) is 13.2. The van der Waals surface area contributed by atoms with E-state index in [9.17, 15) is 9.59 Å². The van der Waals surface area contributed by atoms with Gasteiger partial charge in [-0.25, -0.2) is 4.98 Å². The molecule has 3 N–H and O–H groups in total. The number of hydrogen-bond donors (Lipinski definition) is 2. The number of ether oxygens (including phenoxy) is 1. The smallest absolute Gasteiger partial charge is 0.323 e. The first-order valence-electron chi connectivity index (χ1n) is 5.30. The Balaban J connectivity index is 2.63. The fourth-order valence-electron chi connectivity index (χ4n) is 1.18. The number of aromatic nitrogens is 2. The number of aromatic amines is 1. The van der Waals surface area contributed by atoms with E-state index in [-0.39, 0.29) is 12.0 Å². The van der Waals surface area contributed by atoms with Gasteiger partial charge in [-0.1, -0.05) is 0 Å². The third-order valence-corrected chi connectivity index (χ3v) is 1.85. The predicted octanol–water partition coefficient (Wildman–Crippen LogP) is -0.0186. The molecular formula is C11H17N3O3. The van der Waals surface area contributed by atoms with Crippen LogP contribution in [0.15, 0.2) is 17.1 Å². The Labute approximate surface area is 99.2 Å². The zero-order chi connectivity index (χ0) is 13.1. The monoisotopic (exact) mass is 239 g/mol. The fourth-order valence-corrected chi connectivity index (χ4v) is 1.18. The number of hydrogen-bond acceptors (Lipinski definition) is 5. The van der Waals surface area contributed by atoms with E-state index < -0.39 is 17.6 Å². The molecule has 0 aromatic carbocycles. The zero-order valence-electron chi connectivity index (χ0n) is 10.2. The third kappa shape index (κ3) is 4.78. The minimum atomic E-state index is -0.834. The van der Waals surface area contributed by atoms with Crippen molar-refractivity contribution in [3.05, 3.63) is 28.4 Å². The first-order chi connectivity index (χ1) is 7.78. The van der Waals surface area contributed by atoms with Gasteiger partial charge in [0.1, 0.15) is 17.5 Å². The van der Waals surface area contributed by atoms with Crippen LogP contribution in [0.2, 0.25) is 0 Å². The number of nitrogens with two attached hydrogens (primary N) is 1. The summed E-state index contributed by atoms with van der Waals surface area (Å²) >= 11 is 0. The van der Waals surface area contributed by atoms with Gasteiger partial charge in [0.05, 0.1) is 0 Å². The molecule has 1 atom stereocenters. The van der Waals surface area contributed by atoms with Crippen molar-refractivity contribution < 1.29 is 9.53 Å². The van der Waals surface area contributed by atoms with Crippen LogP contribution in [0.3, 0.4) is 0 Å².